The van der Waals surface area contributed by atoms with Gasteiger partial charge in [0.05, 0.1) is 6.61 Å². The highest BCUT2D eigenvalue weighted by atomic mass is 16.5. The normalized spacial score (nSPS) is 12.5. The number of amides is 1. The van der Waals surface area contributed by atoms with Gasteiger partial charge in [-0.15, -0.1) is 0 Å². The topological polar surface area (TPSA) is 58.6 Å². The highest BCUT2D eigenvalue weighted by molar-refractivity contribution is 5.76. The first-order valence-corrected chi connectivity index (χ1v) is 4.68. The van der Waals surface area contributed by atoms with Gasteiger partial charge >= 0.3 is 0 Å². The fraction of sp³-hybridized carbons (Fsp3) is 0.889. The van der Waals surface area contributed by atoms with Crippen LogP contribution in [0.2, 0.25) is 0 Å². The van der Waals surface area contributed by atoms with Gasteiger partial charge in [-0.05, 0) is 20.3 Å². The zero-order chi connectivity index (χ0) is 10.1. The molecule has 0 bridgehead atoms. The number of rotatable bonds is 7. The number of carbonyl (C=O) groups excluding carboxylic acids is 1. The molecule has 0 aromatic carbocycles. The van der Waals surface area contributed by atoms with Crippen molar-refractivity contribution in [1.82, 2.24) is 5.32 Å². The van der Waals surface area contributed by atoms with E-state index in [0.717, 1.165) is 0 Å². The van der Waals surface area contributed by atoms with Crippen LogP contribution in [0.1, 0.15) is 26.7 Å². The Balaban J connectivity index is 3.41. The Bertz CT molecular complexity index is 139. The van der Waals surface area contributed by atoms with Gasteiger partial charge in [-0.3, -0.25) is 4.79 Å². The lowest BCUT2D eigenvalue weighted by Gasteiger charge is -2.13. The Morgan fingerprint density at radius 1 is 1.62 bits per heavy atom. The van der Waals surface area contributed by atoms with Gasteiger partial charge in [0.1, 0.15) is 0 Å². The number of aliphatic hydroxyl groups is 1. The molecule has 1 atom stereocenters. The molecule has 1 amide bonds. The molecule has 0 fully saturated rings. The van der Waals surface area contributed by atoms with Crippen LogP contribution in [0.3, 0.4) is 0 Å². The third-order valence-electron chi connectivity index (χ3n) is 1.54. The third kappa shape index (κ3) is 7.74. The quantitative estimate of drug-likeness (QED) is 0.605. The second kappa shape index (κ2) is 8.01. The second-order valence-electron chi connectivity index (χ2n) is 2.96. The fourth-order valence-corrected chi connectivity index (χ4v) is 0.923. The zero-order valence-electron chi connectivity index (χ0n) is 8.38. The lowest BCUT2D eigenvalue weighted by Crippen LogP contribution is -2.35. The minimum Gasteiger partial charge on any atom is -0.396 e. The lowest BCUT2D eigenvalue weighted by atomic mass is 10.3. The number of nitrogens with one attached hydrogen (secondary N) is 1. The maximum atomic E-state index is 11.1. The summed E-state index contributed by atoms with van der Waals surface area (Å²) in [5.74, 6) is -0.0266. The summed E-state index contributed by atoms with van der Waals surface area (Å²) in [6, 6.07) is 0.0474. The molecule has 0 aromatic heterocycles. The molecule has 0 aliphatic carbocycles. The van der Waals surface area contributed by atoms with E-state index in [1.54, 1.807) is 0 Å². The molecule has 0 heterocycles. The van der Waals surface area contributed by atoms with E-state index in [4.69, 9.17) is 9.84 Å². The molecule has 78 valence electrons. The van der Waals surface area contributed by atoms with Crippen molar-refractivity contribution < 1.29 is 14.6 Å². The molecule has 2 N–H and O–H groups in total. The van der Waals surface area contributed by atoms with Crippen LogP contribution in [-0.4, -0.2) is 36.9 Å². The molecule has 0 aliphatic rings. The van der Waals surface area contributed by atoms with E-state index in [9.17, 15) is 4.79 Å². The second-order valence-corrected chi connectivity index (χ2v) is 2.96. The van der Waals surface area contributed by atoms with Crippen molar-refractivity contribution in [2.75, 3.05) is 19.8 Å². The number of hydrogen-bond donors (Lipinski definition) is 2. The van der Waals surface area contributed by atoms with Crippen molar-refractivity contribution in [2.45, 2.75) is 32.7 Å². The lowest BCUT2D eigenvalue weighted by molar-refractivity contribution is -0.122. The van der Waals surface area contributed by atoms with E-state index >= 15 is 0 Å². The molecule has 0 aromatic rings. The Labute approximate surface area is 79.3 Å². The third-order valence-corrected chi connectivity index (χ3v) is 1.54. The Morgan fingerprint density at radius 3 is 2.85 bits per heavy atom. The minimum atomic E-state index is -0.0266. The van der Waals surface area contributed by atoms with Crippen molar-refractivity contribution in [3.05, 3.63) is 0 Å². The Kier molecular flexibility index (Phi) is 7.63. The molecule has 0 rings (SSSR count). The van der Waals surface area contributed by atoms with Crippen LogP contribution in [0.25, 0.3) is 0 Å². The molecular weight excluding hydrogens is 170 g/mol. The predicted octanol–water partition coefficient (Wildman–Crippen LogP) is 0.300. The monoisotopic (exact) mass is 189 g/mol. The molecule has 4 nitrogen and oxygen atoms in total. The molecule has 13 heavy (non-hydrogen) atoms. The summed E-state index contributed by atoms with van der Waals surface area (Å²) in [7, 11) is 0. The van der Waals surface area contributed by atoms with Gasteiger partial charge in [0.2, 0.25) is 5.91 Å². The number of ether oxygens (including phenoxy) is 1. The zero-order valence-corrected chi connectivity index (χ0v) is 8.38. The van der Waals surface area contributed by atoms with Gasteiger partial charge in [0.15, 0.2) is 0 Å². The smallest absolute Gasteiger partial charge is 0.220 e. The van der Waals surface area contributed by atoms with E-state index in [2.05, 4.69) is 5.32 Å². The van der Waals surface area contributed by atoms with Crippen molar-refractivity contribution in [2.24, 2.45) is 0 Å². The first-order valence-electron chi connectivity index (χ1n) is 4.68. The first-order chi connectivity index (χ1) is 6.20. The summed E-state index contributed by atoms with van der Waals surface area (Å²) in [6.45, 7) is 5.08. The van der Waals surface area contributed by atoms with Crippen LogP contribution in [0, 0.1) is 0 Å². The highest BCUT2D eigenvalue weighted by Gasteiger charge is 2.05. The SMILES string of the molecule is CCOCC(C)NC(=O)CCCO. The van der Waals surface area contributed by atoms with E-state index in [0.29, 0.717) is 26.1 Å². The summed E-state index contributed by atoms with van der Waals surface area (Å²) in [5, 5.41) is 11.3. The average Bonchev–Trinajstić information content (AvgIpc) is 2.11. The van der Waals surface area contributed by atoms with Gasteiger partial charge in [-0.1, -0.05) is 0 Å². The van der Waals surface area contributed by atoms with Crippen molar-refractivity contribution in [3.8, 4) is 0 Å². The van der Waals surface area contributed by atoms with E-state index < -0.39 is 0 Å². The molecule has 0 radical (unpaired) electrons. The molecule has 0 aliphatic heterocycles. The summed E-state index contributed by atoms with van der Waals surface area (Å²) in [6.07, 6.45) is 0.903. The standard InChI is InChI=1S/C9H19NO3/c1-3-13-7-8(2)10-9(12)5-4-6-11/h8,11H,3-7H2,1-2H3,(H,10,12). The van der Waals surface area contributed by atoms with Gasteiger partial charge in [0, 0.05) is 25.7 Å². The molecule has 0 saturated heterocycles. The molecule has 0 saturated carbocycles. The largest absolute Gasteiger partial charge is 0.396 e. The first kappa shape index (κ1) is 12.4. The summed E-state index contributed by atoms with van der Waals surface area (Å²) < 4.78 is 5.14. The van der Waals surface area contributed by atoms with Gasteiger partial charge in [-0.2, -0.15) is 0 Å². The van der Waals surface area contributed by atoms with Crippen molar-refractivity contribution in [3.63, 3.8) is 0 Å². The van der Waals surface area contributed by atoms with Crippen LogP contribution in [-0.2, 0) is 9.53 Å². The summed E-state index contributed by atoms with van der Waals surface area (Å²) >= 11 is 0. The number of aliphatic hydroxyl groups excluding tert-OH is 1. The Morgan fingerprint density at radius 2 is 2.31 bits per heavy atom. The van der Waals surface area contributed by atoms with Crippen LogP contribution < -0.4 is 5.32 Å². The van der Waals surface area contributed by atoms with Crippen molar-refractivity contribution >= 4 is 5.91 Å². The van der Waals surface area contributed by atoms with Crippen LogP contribution >= 0.6 is 0 Å². The van der Waals surface area contributed by atoms with Gasteiger partial charge < -0.3 is 15.2 Å². The van der Waals surface area contributed by atoms with Crippen molar-refractivity contribution in [1.29, 1.82) is 0 Å². The fourth-order valence-electron chi connectivity index (χ4n) is 0.923. The maximum Gasteiger partial charge on any atom is 0.220 e. The number of hydrogen-bond acceptors (Lipinski definition) is 3. The minimum absolute atomic E-state index is 0.0266. The highest BCUT2D eigenvalue weighted by Crippen LogP contribution is 1.90. The van der Waals surface area contributed by atoms with Gasteiger partial charge in [0.25, 0.3) is 0 Å². The summed E-state index contributed by atoms with van der Waals surface area (Å²) in [4.78, 5) is 11.1. The predicted molar refractivity (Wildman–Crippen MR) is 50.4 cm³/mol. The van der Waals surface area contributed by atoms with Crippen LogP contribution in [0.4, 0.5) is 0 Å². The van der Waals surface area contributed by atoms with Gasteiger partial charge in [-0.25, -0.2) is 0 Å². The Hall–Kier alpha value is -0.610. The van der Waals surface area contributed by atoms with Crippen LogP contribution in [0.15, 0.2) is 0 Å². The molecule has 4 heteroatoms. The average molecular weight is 189 g/mol. The molecular formula is C9H19NO3. The van der Waals surface area contributed by atoms with Crippen LogP contribution in [0.5, 0.6) is 0 Å². The molecule has 1 unspecified atom stereocenters. The maximum absolute atomic E-state index is 11.1. The number of carbonyl (C=O) groups is 1. The van der Waals surface area contributed by atoms with E-state index in [-0.39, 0.29) is 18.6 Å². The summed E-state index contributed by atoms with van der Waals surface area (Å²) in [5.41, 5.74) is 0. The van der Waals surface area contributed by atoms with E-state index in [1.807, 2.05) is 13.8 Å². The van der Waals surface area contributed by atoms with E-state index in [1.165, 1.54) is 0 Å². The molecule has 0 spiro atoms.